The van der Waals surface area contributed by atoms with Gasteiger partial charge in [0.25, 0.3) is 0 Å². The Morgan fingerprint density at radius 2 is 1.41 bits per heavy atom. The number of nitrogens with zero attached hydrogens (tertiary/aromatic N) is 1. The van der Waals surface area contributed by atoms with E-state index in [9.17, 15) is 28.4 Å². The molecule has 0 radical (unpaired) electrons. The van der Waals surface area contributed by atoms with Crippen molar-refractivity contribution in [2.45, 2.75) is 120 Å². The quantitative estimate of drug-likeness (QED) is 0.0658. The standard InChI is InChI=1S/C39H50FNO7S/c40-39(47)48-27-34-31-17-14-13-16-30(31)32-20-19-28(25-33(32)34)24-29(42)21-22-41-36(43)26-35(38(41)46)49-23-15-11-9-7-5-3-1-2-4-6-8-10-12-18-37(44)45/h13-14,16-17,19-20,25,34-35H,1-12,15,18,21-24,26-27H2,(H,44,45). The first-order valence-corrected chi connectivity index (χ1v) is 19.0. The average Bonchev–Trinajstić information content (AvgIpc) is 3.53. The van der Waals surface area contributed by atoms with Crippen LogP contribution in [0.5, 0.6) is 0 Å². The van der Waals surface area contributed by atoms with Gasteiger partial charge in [-0.3, -0.25) is 24.1 Å². The minimum Gasteiger partial charge on any atom is -0.481 e. The van der Waals surface area contributed by atoms with Crippen LogP contribution in [0.15, 0.2) is 42.5 Å². The number of carbonyl (C=O) groups is 5. The van der Waals surface area contributed by atoms with Crippen molar-refractivity contribution in [1.82, 2.24) is 4.90 Å². The Bertz CT molecular complexity index is 1450. The van der Waals surface area contributed by atoms with Crippen molar-refractivity contribution >= 4 is 41.6 Å². The molecule has 1 heterocycles. The third kappa shape index (κ3) is 12.1. The second kappa shape index (κ2) is 20.2. The van der Waals surface area contributed by atoms with Crippen molar-refractivity contribution in [3.63, 3.8) is 0 Å². The van der Waals surface area contributed by atoms with Crippen LogP contribution in [-0.2, 0) is 30.3 Å². The van der Waals surface area contributed by atoms with Gasteiger partial charge in [-0.2, -0.15) is 0 Å². The third-order valence-corrected chi connectivity index (χ3v) is 10.8. The Balaban J connectivity index is 1.07. The number of benzene rings is 2. The summed E-state index contributed by atoms with van der Waals surface area (Å²) in [6, 6.07) is 13.4. The molecule has 49 heavy (non-hydrogen) atoms. The molecule has 2 aromatic carbocycles. The number of aliphatic carboxylic acids is 1. The van der Waals surface area contributed by atoms with Crippen molar-refractivity contribution in [1.29, 1.82) is 0 Å². The highest BCUT2D eigenvalue weighted by Gasteiger charge is 2.38. The highest BCUT2D eigenvalue weighted by Crippen LogP contribution is 2.45. The molecule has 2 amide bonds. The number of amides is 2. The number of thioether (sulfide) groups is 1. The fraction of sp³-hybridized carbons (Fsp3) is 0.564. The molecule has 1 fully saturated rings. The monoisotopic (exact) mass is 695 g/mol. The number of imide groups is 1. The van der Waals surface area contributed by atoms with Crippen molar-refractivity contribution in [3.8, 4) is 11.1 Å². The van der Waals surface area contributed by atoms with Gasteiger partial charge in [-0.15, -0.1) is 16.2 Å². The Hall–Kier alpha value is -3.53. The fourth-order valence-corrected chi connectivity index (χ4v) is 8.10. The minimum absolute atomic E-state index is 0.0798. The summed E-state index contributed by atoms with van der Waals surface area (Å²) in [7, 11) is 0. The summed E-state index contributed by atoms with van der Waals surface area (Å²) >= 11 is 1.55. The van der Waals surface area contributed by atoms with Crippen LogP contribution in [0.3, 0.4) is 0 Å². The highest BCUT2D eigenvalue weighted by molar-refractivity contribution is 8.00. The minimum atomic E-state index is -1.83. The summed E-state index contributed by atoms with van der Waals surface area (Å²) in [4.78, 5) is 61.2. The highest BCUT2D eigenvalue weighted by atomic mass is 32.2. The largest absolute Gasteiger partial charge is 0.495 e. The van der Waals surface area contributed by atoms with Gasteiger partial charge in [0.15, 0.2) is 0 Å². The number of carboxylic acids is 1. The number of carbonyl (C=O) groups excluding carboxylic acids is 4. The van der Waals surface area contributed by atoms with Gasteiger partial charge in [0, 0.05) is 38.1 Å². The van der Waals surface area contributed by atoms with Crippen LogP contribution >= 0.6 is 11.8 Å². The zero-order valence-corrected chi connectivity index (χ0v) is 29.3. The molecule has 2 unspecified atom stereocenters. The van der Waals surface area contributed by atoms with E-state index in [4.69, 9.17) is 9.84 Å². The predicted molar refractivity (Wildman–Crippen MR) is 189 cm³/mol. The molecule has 2 atom stereocenters. The first-order chi connectivity index (χ1) is 23.7. The van der Waals surface area contributed by atoms with Crippen molar-refractivity contribution < 1.29 is 38.2 Å². The summed E-state index contributed by atoms with van der Waals surface area (Å²) < 4.78 is 17.6. The lowest BCUT2D eigenvalue weighted by Gasteiger charge is -2.15. The van der Waals surface area contributed by atoms with Crippen LogP contribution in [0.2, 0.25) is 0 Å². The summed E-state index contributed by atoms with van der Waals surface area (Å²) in [5, 5.41) is 8.29. The average molecular weight is 696 g/mol. The zero-order chi connectivity index (χ0) is 35.0. The molecule has 0 spiro atoms. The van der Waals surface area contributed by atoms with Gasteiger partial charge in [0.05, 0.1) is 5.25 Å². The number of hydrogen-bond donors (Lipinski definition) is 1. The number of rotatable bonds is 24. The lowest BCUT2D eigenvalue weighted by molar-refractivity contribution is -0.139. The lowest BCUT2D eigenvalue weighted by Crippen LogP contribution is -2.33. The smallest absolute Gasteiger partial charge is 0.481 e. The molecular formula is C39H50FNO7S. The van der Waals surface area contributed by atoms with E-state index in [0.29, 0.717) is 0 Å². The molecule has 10 heteroatoms. The van der Waals surface area contributed by atoms with Gasteiger partial charge in [0.1, 0.15) is 12.4 Å². The SMILES string of the molecule is O=C(O)CCCCCCCCCCCCCCCSC1CC(=O)N(CCC(=O)Cc2ccc3c(c2)C(COC(=O)F)c2ccccc2-3)C1=O. The number of ether oxygens (including phenoxy) is 1. The van der Waals surface area contributed by atoms with Crippen LogP contribution in [0, 0.1) is 0 Å². The third-order valence-electron chi connectivity index (χ3n) is 9.55. The summed E-state index contributed by atoms with van der Waals surface area (Å²) in [6.07, 6.45) is 13.8. The molecule has 0 bridgehead atoms. The number of fused-ring (bicyclic) bond motifs is 3. The van der Waals surface area contributed by atoms with E-state index in [0.717, 1.165) is 65.7 Å². The van der Waals surface area contributed by atoms with Gasteiger partial charge < -0.3 is 9.84 Å². The maximum Gasteiger partial charge on any atom is 0.495 e. The molecule has 1 aliphatic heterocycles. The fourth-order valence-electron chi connectivity index (χ4n) is 6.92. The Kier molecular flexibility index (Phi) is 15.8. The van der Waals surface area contributed by atoms with Crippen LogP contribution in [0.4, 0.5) is 9.18 Å². The number of halogens is 1. The summed E-state index contributed by atoms with van der Waals surface area (Å²) in [5.41, 5.74) is 4.55. The van der Waals surface area contributed by atoms with E-state index in [-0.39, 0.29) is 67.6 Å². The normalized spacial score (nSPS) is 16.6. The predicted octanol–water partition coefficient (Wildman–Crippen LogP) is 8.81. The molecule has 4 rings (SSSR count). The van der Waals surface area contributed by atoms with Gasteiger partial charge in [0.2, 0.25) is 11.8 Å². The van der Waals surface area contributed by atoms with E-state index < -0.39 is 12.2 Å². The lowest BCUT2D eigenvalue weighted by atomic mass is 9.95. The number of likely N-dealkylation sites (tertiary alicyclic amines) is 1. The van der Waals surface area contributed by atoms with Gasteiger partial charge in [-0.05, 0) is 46.4 Å². The van der Waals surface area contributed by atoms with Crippen molar-refractivity contribution in [3.05, 3.63) is 59.2 Å². The van der Waals surface area contributed by atoms with E-state index in [1.165, 1.54) is 56.3 Å². The van der Waals surface area contributed by atoms with Crippen LogP contribution in [0.1, 0.15) is 125 Å². The molecule has 1 saturated heterocycles. The molecule has 1 aliphatic carbocycles. The van der Waals surface area contributed by atoms with Crippen LogP contribution in [0.25, 0.3) is 11.1 Å². The molecule has 266 valence electrons. The van der Waals surface area contributed by atoms with Crippen LogP contribution < -0.4 is 0 Å². The number of unbranched alkanes of at least 4 members (excludes halogenated alkanes) is 12. The van der Waals surface area contributed by atoms with Gasteiger partial charge in [-0.25, -0.2) is 4.79 Å². The molecule has 1 N–H and O–H groups in total. The summed E-state index contributed by atoms with van der Waals surface area (Å²) in [5.74, 6) is -0.665. The van der Waals surface area contributed by atoms with Gasteiger partial charge >= 0.3 is 12.2 Å². The number of carboxylic acid groups (broad SMARTS) is 1. The molecule has 8 nitrogen and oxygen atoms in total. The van der Waals surface area contributed by atoms with E-state index in [1.54, 1.807) is 11.8 Å². The summed E-state index contributed by atoms with van der Waals surface area (Å²) in [6.45, 7) is -0.0382. The van der Waals surface area contributed by atoms with E-state index >= 15 is 0 Å². The molecule has 0 aromatic heterocycles. The maximum absolute atomic E-state index is 13.0. The first-order valence-electron chi connectivity index (χ1n) is 18.0. The van der Waals surface area contributed by atoms with E-state index in [2.05, 4.69) is 0 Å². The number of hydrogen-bond acceptors (Lipinski definition) is 7. The Morgan fingerprint density at radius 3 is 2.06 bits per heavy atom. The zero-order valence-electron chi connectivity index (χ0n) is 28.5. The number of ketones is 1. The van der Waals surface area contributed by atoms with Crippen LogP contribution in [-0.4, -0.2) is 64.0 Å². The van der Waals surface area contributed by atoms with Crippen molar-refractivity contribution in [2.75, 3.05) is 18.9 Å². The van der Waals surface area contributed by atoms with E-state index in [1.807, 2.05) is 42.5 Å². The second-order valence-corrected chi connectivity index (χ2v) is 14.6. The topological polar surface area (TPSA) is 118 Å². The second-order valence-electron chi connectivity index (χ2n) is 13.3. The maximum atomic E-state index is 13.0. The molecular weight excluding hydrogens is 645 g/mol. The molecule has 0 saturated carbocycles. The van der Waals surface area contributed by atoms with Crippen molar-refractivity contribution in [2.24, 2.45) is 0 Å². The Labute approximate surface area is 293 Å². The molecule has 2 aliphatic rings. The molecule has 2 aromatic rings. The first kappa shape index (κ1) is 38.3. The number of Topliss-reactive ketones (excluding diaryl/α,β-unsaturated/α-hetero) is 1. The Morgan fingerprint density at radius 1 is 0.796 bits per heavy atom. The van der Waals surface area contributed by atoms with Gasteiger partial charge in [-0.1, -0.05) is 113 Å².